The first-order valence-corrected chi connectivity index (χ1v) is 9.71. The lowest BCUT2D eigenvalue weighted by Gasteiger charge is -2.43. The molecule has 3 aliphatic rings. The summed E-state index contributed by atoms with van der Waals surface area (Å²) in [5.74, 6) is -1.16. The van der Waals surface area contributed by atoms with E-state index in [1.807, 2.05) is 0 Å². The molecule has 0 bridgehead atoms. The molecule has 0 unspecified atom stereocenters. The van der Waals surface area contributed by atoms with Crippen molar-refractivity contribution in [1.29, 1.82) is 0 Å². The minimum atomic E-state index is -4.54. The smallest absolute Gasteiger partial charge is 0.366 e. The van der Waals surface area contributed by atoms with Gasteiger partial charge >= 0.3 is 12.2 Å². The Kier molecular flexibility index (Phi) is 5.36. The highest BCUT2D eigenvalue weighted by Crippen LogP contribution is 2.26. The van der Waals surface area contributed by atoms with Crippen LogP contribution in [0.15, 0.2) is 6.33 Å². The molecule has 12 heteroatoms. The number of hydrogen-bond acceptors (Lipinski definition) is 5. The van der Waals surface area contributed by atoms with Gasteiger partial charge in [0.05, 0.1) is 12.1 Å². The summed E-state index contributed by atoms with van der Waals surface area (Å²) in [7, 11) is 0. The molecule has 29 heavy (non-hydrogen) atoms. The molecule has 0 aromatic carbocycles. The number of aromatic nitrogens is 3. The molecule has 0 radical (unpaired) electrons. The second kappa shape index (κ2) is 7.81. The fraction of sp³-hybridized carbons (Fsp3) is 0.765. The van der Waals surface area contributed by atoms with E-state index in [1.165, 1.54) is 4.68 Å². The number of alkyl halides is 3. The normalized spacial score (nSPS) is 26.2. The highest BCUT2D eigenvalue weighted by Gasteiger charge is 2.38. The van der Waals surface area contributed by atoms with Gasteiger partial charge in [-0.15, -0.1) is 5.10 Å². The number of rotatable bonds is 2. The van der Waals surface area contributed by atoms with Crippen molar-refractivity contribution in [3.05, 3.63) is 12.2 Å². The molecule has 160 valence electrons. The Morgan fingerprint density at radius 2 is 1.93 bits per heavy atom. The monoisotopic (exact) mass is 416 g/mol. The van der Waals surface area contributed by atoms with E-state index in [9.17, 15) is 22.8 Å². The molecule has 3 amide bonds. The van der Waals surface area contributed by atoms with Crippen LogP contribution in [0, 0.1) is 5.92 Å². The minimum Gasteiger partial charge on any atom is -0.366 e. The molecule has 4 rings (SSSR count). The van der Waals surface area contributed by atoms with Crippen LogP contribution in [0.3, 0.4) is 0 Å². The van der Waals surface area contributed by atoms with Crippen molar-refractivity contribution in [2.75, 3.05) is 32.8 Å². The van der Waals surface area contributed by atoms with Gasteiger partial charge in [-0.05, 0) is 25.2 Å². The van der Waals surface area contributed by atoms with Gasteiger partial charge < -0.3 is 19.9 Å². The van der Waals surface area contributed by atoms with Gasteiger partial charge in [-0.3, -0.25) is 9.48 Å². The number of carbonyl (C=O) groups is 2. The van der Waals surface area contributed by atoms with Crippen LogP contribution in [0.5, 0.6) is 0 Å². The molecule has 1 aromatic heterocycles. The maximum Gasteiger partial charge on any atom is 0.453 e. The lowest BCUT2D eigenvalue weighted by Crippen LogP contribution is -2.62. The number of amides is 3. The Balaban J connectivity index is 1.26. The number of urea groups is 1. The third-order valence-corrected chi connectivity index (χ3v) is 5.72. The Bertz CT molecular complexity index is 762. The first kappa shape index (κ1) is 19.9. The van der Waals surface area contributed by atoms with Gasteiger partial charge in [0.25, 0.3) is 5.82 Å². The van der Waals surface area contributed by atoms with Crippen LogP contribution in [0.2, 0.25) is 0 Å². The first-order chi connectivity index (χ1) is 13.8. The number of carbonyl (C=O) groups excluding carboxylic acids is 2. The Morgan fingerprint density at radius 1 is 1.21 bits per heavy atom. The second-order valence-electron chi connectivity index (χ2n) is 7.76. The number of nitrogens with zero attached hydrogens (tertiary/aromatic N) is 5. The molecule has 9 nitrogen and oxygen atoms in total. The fourth-order valence-electron chi connectivity index (χ4n) is 4.16. The fourth-order valence-corrected chi connectivity index (χ4v) is 4.16. The van der Waals surface area contributed by atoms with Crippen LogP contribution < -0.4 is 5.32 Å². The molecule has 1 aromatic rings. The Morgan fingerprint density at radius 3 is 2.62 bits per heavy atom. The van der Waals surface area contributed by atoms with Crippen LogP contribution in [0.1, 0.15) is 25.1 Å². The van der Waals surface area contributed by atoms with E-state index in [0.29, 0.717) is 52.0 Å². The number of hydrogen-bond donors (Lipinski definition) is 1. The predicted molar refractivity (Wildman–Crippen MR) is 92.6 cm³/mol. The molecule has 2 atom stereocenters. The van der Waals surface area contributed by atoms with E-state index in [-0.39, 0.29) is 36.6 Å². The third-order valence-electron chi connectivity index (χ3n) is 5.72. The number of morpholine rings is 1. The number of nitrogens with one attached hydrogen (secondary N) is 1. The van der Waals surface area contributed by atoms with Gasteiger partial charge in [-0.1, -0.05) is 0 Å². The third kappa shape index (κ3) is 4.46. The molecule has 4 heterocycles. The van der Waals surface area contributed by atoms with Crippen molar-refractivity contribution in [3.63, 3.8) is 0 Å². The summed E-state index contributed by atoms with van der Waals surface area (Å²) in [6.07, 6.45) is -1.44. The van der Waals surface area contributed by atoms with Crippen molar-refractivity contribution in [1.82, 2.24) is 29.9 Å². The molecule has 3 fully saturated rings. The van der Waals surface area contributed by atoms with Crippen LogP contribution in [-0.2, 0) is 22.3 Å². The van der Waals surface area contributed by atoms with E-state index >= 15 is 0 Å². The average molecular weight is 416 g/mol. The molecule has 0 saturated carbocycles. The molecule has 0 spiro atoms. The van der Waals surface area contributed by atoms with E-state index in [0.717, 1.165) is 6.33 Å². The number of fused-ring (bicyclic) bond motifs is 1. The number of halogens is 3. The summed E-state index contributed by atoms with van der Waals surface area (Å²) in [4.78, 5) is 31.2. The SMILES string of the molecule is O=C1CO[C@H]2CCN(C(=O)N3CCC(Cn4cnc(C(F)(F)F)n4)CC3)C[C@H]2N1. The first-order valence-electron chi connectivity index (χ1n) is 9.71. The van der Waals surface area contributed by atoms with E-state index in [4.69, 9.17) is 4.74 Å². The standard InChI is InChI=1S/C17H23F3N6O3/c18-17(19,20)15-21-10-26(23-15)7-11-1-4-24(5-2-11)16(28)25-6-3-13-12(8-25)22-14(27)9-29-13/h10-13H,1-9H2,(H,22,27)/t12-,13+/m1/s1. The van der Waals surface area contributed by atoms with Crippen LogP contribution in [-0.4, -0.2) is 81.4 Å². The van der Waals surface area contributed by atoms with Crippen molar-refractivity contribution < 1.29 is 27.5 Å². The zero-order chi connectivity index (χ0) is 20.6. The summed E-state index contributed by atoms with van der Waals surface area (Å²) in [6, 6.07) is -0.247. The summed E-state index contributed by atoms with van der Waals surface area (Å²) in [6.45, 7) is 2.50. The highest BCUT2D eigenvalue weighted by atomic mass is 19.4. The van der Waals surface area contributed by atoms with Crippen LogP contribution >= 0.6 is 0 Å². The number of piperidine rings is 2. The number of likely N-dealkylation sites (tertiary alicyclic amines) is 2. The van der Waals surface area contributed by atoms with Gasteiger partial charge in [-0.25, -0.2) is 9.78 Å². The lowest BCUT2D eigenvalue weighted by molar-refractivity contribution is -0.145. The summed E-state index contributed by atoms with van der Waals surface area (Å²) in [5, 5.41) is 6.37. The molecule has 3 aliphatic heterocycles. The predicted octanol–water partition coefficient (Wildman–Crippen LogP) is 0.718. The van der Waals surface area contributed by atoms with Crippen molar-refractivity contribution in [2.24, 2.45) is 5.92 Å². The maximum atomic E-state index is 12.8. The molecule has 1 N–H and O–H groups in total. The zero-order valence-corrected chi connectivity index (χ0v) is 15.8. The summed E-state index contributed by atoms with van der Waals surface area (Å²) < 4.78 is 44.5. The van der Waals surface area contributed by atoms with E-state index < -0.39 is 12.0 Å². The quantitative estimate of drug-likeness (QED) is 0.767. The lowest BCUT2D eigenvalue weighted by atomic mass is 9.96. The largest absolute Gasteiger partial charge is 0.453 e. The van der Waals surface area contributed by atoms with Crippen LogP contribution in [0.25, 0.3) is 0 Å². The van der Waals surface area contributed by atoms with E-state index in [1.54, 1.807) is 9.80 Å². The summed E-state index contributed by atoms with van der Waals surface area (Å²) >= 11 is 0. The Labute approximate surface area is 165 Å². The van der Waals surface area contributed by atoms with Gasteiger partial charge in [0.1, 0.15) is 12.9 Å². The molecule has 3 saturated heterocycles. The summed E-state index contributed by atoms with van der Waals surface area (Å²) in [5.41, 5.74) is 0. The van der Waals surface area contributed by atoms with Gasteiger partial charge in [0.2, 0.25) is 5.91 Å². The van der Waals surface area contributed by atoms with Crippen molar-refractivity contribution in [3.8, 4) is 0 Å². The van der Waals surface area contributed by atoms with Gasteiger partial charge in [0, 0.05) is 32.7 Å². The van der Waals surface area contributed by atoms with Gasteiger partial charge in [-0.2, -0.15) is 13.2 Å². The van der Waals surface area contributed by atoms with Crippen molar-refractivity contribution >= 4 is 11.9 Å². The zero-order valence-electron chi connectivity index (χ0n) is 15.8. The molecular weight excluding hydrogens is 393 g/mol. The van der Waals surface area contributed by atoms with Crippen molar-refractivity contribution in [2.45, 2.75) is 44.1 Å². The highest BCUT2D eigenvalue weighted by molar-refractivity contribution is 5.79. The van der Waals surface area contributed by atoms with E-state index in [2.05, 4.69) is 15.4 Å². The molecule has 0 aliphatic carbocycles. The second-order valence-corrected chi connectivity index (χ2v) is 7.76. The molecular formula is C17H23F3N6O3. The average Bonchev–Trinajstić information content (AvgIpc) is 3.16. The maximum absolute atomic E-state index is 12.8. The van der Waals surface area contributed by atoms with Gasteiger partial charge in [0.15, 0.2) is 0 Å². The minimum absolute atomic E-state index is 0.0493. The number of ether oxygens (including phenoxy) is 1. The topological polar surface area (TPSA) is 92.6 Å². The Hall–Kier alpha value is -2.37. The van der Waals surface area contributed by atoms with Crippen LogP contribution in [0.4, 0.5) is 18.0 Å².